The molecule has 1 aromatic carbocycles. The SMILES string of the molecule is Cl.Cn1ccnc1Sc1ccc(NC(=O)CCC2CCNCC2)cc1. The lowest BCUT2D eigenvalue weighted by Gasteiger charge is -2.22. The van der Waals surface area contributed by atoms with E-state index in [-0.39, 0.29) is 18.3 Å². The molecule has 0 radical (unpaired) electrons. The number of aryl methyl sites for hydroxylation is 1. The summed E-state index contributed by atoms with van der Waals surface area (Å²) in [5.74, 6) is 0.798. The van der Waals surface area contributed by atoms with E-state index in [1.165, 1.54) is 12.8 Å². The highest BCUT2D eigenvalue weighted by molar-refractivity contribution is 7.99. The van der Waals surface area contributed by atoms with Gasteiger partial charge in [-0.15, -0.1) is 12.4 Å². The molecule has 7 heteroatoms. The normalized spacial score (nSPS) is 14.8. The Morgan fingerprint density at radius 1 is 1.32 bits per heavy atom. The van der Waals surface area contributed by atoms with Gasteiger partial charge in [-0.1, -0.05) is 11.8 Å². The number of aromatic nitrogens is 2. The number of amides is 1. The van der Waals surface area contributed by atoms with Gasteiger partial charge in [0.25, 0.3) is 0 Å². The van der Waals surface area contributed by atoms with E-state index in [9.17, 15) is 4.79 Å². The number of halogens is 1. The molecule has 0 aliphatic carbocycles. The monoisotopic (exact) mass is 380 g/mol. The van der Waals surface area contributed by atoms with Gasteiger partial charge in [-0.2, -0.15) is 0 Å². The van der Waals surface area contributed by atoms with Crippen LogP contribution in [0.3, 0.4) is 0 Å². The molecule has 25 heavy (non-hydrogen) atoms. The zero-order chi connectivity index (χ0) is 16.8. The van der Waals surface area contributed by atoms with Crippen LogP contribution in [0.2, 0.25) is 0 Å². The van der Waals surface area contributed by atoms with Crippen LogP contribution in [0.5, 0.6) is 0 Å². The molecule has 0 spiro atoms. The molecule has 0 bridgehead atoms. The number of carbonyl (C=O) groups excluding carboxylic acids is 1. The highest BCUT2D eigenvalue weighted by atomic mass is 35.5. The summed E-state index contributed by atoms with van der Waals surface area (Å²) in [6, 6.07) is 7.94. The topological polar surface area (TPSA) is 59.0 Å². The van der Waals surface area contributed by atoms with E-state index in [0.29, 0.717) is 12.3 Å². The summed E-state index contributed by atoms with van der Waals surface area (Å²) in [6.45, 7) is 2.17. The molecule has 0 saturated carbocycles. The first-order valence-electron chi connectivity index (χ1n) is 8.46. The first kappa shape index (κ1) is 19.8. The average molecular weight is 381 g/mol. The molecule has 1 amide bonds. The summed E-state index contributed by atoms with van der Waals surface area (Å²) >= 11 is 1.61. The van der Waals surface area contributed by atoms with Gasteiger partial charge in [0.1, 0.15) is 0 Å². The molecule has 1 aliphatic heterocycles. The standard InChI is InChI=1S/C18H24N4OS.ClH/c1-22-13-12-20-18(22)24-16-5-3-15(4-6-16)21-17(23)7-2-14-8-10-19-11-9-14;/h3-6,12-14,19H,2,7-11H2,1H3,(H,21,23);1H. The second kappa shape index (κ2) is 9.85. The van der Waals surface area contributed by atoms with Crippen LogP contribution in [0.4, 0.5) is 5.69 Å². The Bertz CT molecular complexity index is 668. The van der Waals surface area contributed by atoms with Crippen LogP contribution in [-0.2, 0) is 11.8 Å². The molecule has 1 aromatic heterocycles. The Morgan fingerprint density at radius 3 is 2.68 bits per heavy atom. The van der Waals surface area contributed by atoms with E-state index in [0.717, 1.165) is 35.2 Å². The molecule has 1 aliphatic rings. The number of hydrogen-bond acceptors (Lipinski definition) is 4. The smallest absolute Gasteiger partial charge is 0.224 e. The largest absolute Gasteiger partial charge is 0.329 e. The molecule has 136 valence electrons. The minimum absolute atomic E-state index is 0. The van der Waals surface area contributed by atoms with E-state index in [2.05, 4.69) is 15.6 Å². The molecule has 2 N–H and O–H groups in total. The van der Waals surface area contributed by atoms with Crippen LogP contribution >= 0.6 is 24.2 Å². The van der Waals surface area contributed by atoms with Crippen molar-refractivity contribution >= 4 is 35.8 Å². The van der Waals surface area contributed by atoms with Crippen molar-refractivity contribution < 1.29 is 4.79 Å². The van der Waals surface area contributed by atoms with E-state index in [1.807, 2.05) is 42.1 Å². The third kappa shape index (κ3) is 6.06. The minimum Gasteiger partial charge on any atom is -0.329 e. The minimum atomic E-state index is 0. The van der Waals surface area contributed by atoms with E-state index < -0.39 is 0 Å². The second-order valence-electron chi connectivity index (χ2n) is 6.23. The third-order valence-corrected chi connectivity index (χ3v) is 5.45. The number of benzene rings is 1. The predicted molar refractivity (Wildman–Crippen MR) is 104 cm³/mol. The number of nitrogens with zero attached hydrogens (tertiary/aromatic N) is 2. The third-order valence-electron chi connectivity index (χ3n) is 4.36. The van der Waals surface area contributed by atoms with Gasteiger partial charge in [-0.3, -0.25) is 4.79 Å². The second-order valence-corrected chi connectivity index (χ2v) is 7.27. The number of piperidine rings is 1. The highest BCUT2D eigenvalue weighted by Gasteiger charge is 2.14. The Kier molecular flexibility index (Phi) is 7.81. The molecule has 0 unspecified atom stereocenters. The highest BCUT2D eigenvalue weighted by Crippen LogP contribution is 2.27. The molecule has 1 saturated heterocycles. The fourth-order valence-corrected chi connectivity index (χ4v) is 3.69. The van der Waals surface area contributed by atoms with Gasteiger partial charge in [0, 0.05) is 36.4 Å². The van der Waals surface area contributed by atoms with Gasteiger partial charge < -0.3 is 15.2 Å². The van der Waals surface area contributed by atoms with Crippen LogP contribution in [-0.4, -0.2) is 28.5 Å². The maximum atomic E-state index is 12.1. The van der Waals surface area contributed by atoms with Crippen LogP contribution in [0.15, 0.2) is 46.7 Å². The van der Waals surface area contributed by atoms with Crippen molar-refractivity contribution in [2.45, 2.75) is 35.7 Å². The molecule has 1 fully saturated rings. The summed E-state index contributed by atoms with van der Waals surface area (Å²) in [5.41, 5.74) is 0.856. The Labute approximate surface area is 159 Å². The fraction of sp³-hybridized carbons (Fsp3) is 0.444. The van der Waals surface area contributed by atoms with E-state index >= 15 is 0 Å². The van der Waals surface area contributed by atoms with Gasteiger partial charge in [0.05, 0.1) is 0 Å². The molecule has 0 atom stereocenters. The maximum Gasteiger partial charge on any atom is 0.224 e. The van der Waals surface area contributed by atoms with Crippen LogP contribution < -0.4 is 10.6 Å². The number of anilines is 1. The summed E-state index contributed by atoms with van der Waals surface area (Å²) in [6.07, 6.45) is 7.69. The number of hydrogen-bond donors (Lipinski definition) is 2. The van der Waals surface area contributed by atoms with Gasteiger partial charge in [0.15, 0.2) is 5.16 Å². The van der Waals surface area contributed by atoms with Gasteiger partial charge in [-0.25, -0.2) is 4.98 Å². The lowest BCUT2D eigenvalue weighted by Crippen LogP contribution is -2.28. The van der Waals surface area contributed by atoms with Crippen LogP contribution in [0.1, 0.15) is 25.7 Å². The molecule has 3 rings (SSSR count). The first-order chi connectivity index (χ1) is 11.7. The van der Waals surface area contributed by atoms with Crippen molar-refractivity contribution in [2.24, 2.45) is 13.0 Å². The maximum absolute atomic E-state index is 12.1. The molecule has 2 heterocycles. The molecular weight excluding hydrogens is 356 g/mol. The predicted octanol–water partition coefficient (Wildman–Crippen LogP) is 3.71. The van der Waals surface area contributed by atoms with E-state index in [1.54, 1.807) is 18.0 Å². The first-order valence-corrected chi connectivity index (χ1v) is 9.28. The lowest BCUT2D eigenvalue weighted by molar-refractivity contribution is -0.116. The van der Waals surface area contributed by atoms with Crippen LogP contribution in [0, 0.1) is 5.92 Å². The molecular formula is C18H25ClN4OS. The zero-order valence-electron chi connectivity index (χ0n) is 14.4. The molecule has 5 nitrogen and oxygen atoms in total. The Balaban J connectivity index is 0.00000225. The zero-order valence-corrected chi connectivity index (χ0v) is 16.0. The number of nitrogens with one attached hydrogen (secondary N) is 2. The fourth-order valence-electron chi connectivity index (χ4n) is 2.89. The number of imidazole rings is 1. The number of carbonyl (C=O) groups is 1. The summed E-state index contributed by atoms with van der Waals surface area (Å²) in [5, 5.41) is 7.30. The van der Waals surface area contributed by atoms with Crippen molar-refractivity contribution in [1.82, 2.24) is 14.9 Å². The summed E-state index contributed by atoms with van der Waals surface area (Å²) < 4.78 is 1.99. The molecule has 2 aromatic rings. The lowest BCUT2D eigenvalue weighted by atomic mass is 9.93. The van der Waals surface area contributed by atoms with Crippen LogP contribution in [0.25, 0.3) is 0 Å². The van der Waals surface area contributed by atoms with Crippen molar-refractivity contribution in [2.75, 3.05) is 18.4 Å². The quantitative estimate of drug-likeness (QED) is 0.802. The van der Waals surface area contributed by atoms with E-state index in [4.69, 9.17) is 0 Å². The Hall–Kier alpha value is -1.50. The average Bonchev–Trinajstić information content (AvgIpc) is 3.01. The number of rotatable bonds is 6. The Morgan fingerprint density at radius 2 is 2.04 bits per heavy atom. The summed E-state index contributed by atoms with van der Waals surface area (Å²) in [4.78, 5) is 17.5. The van der Waals surface area contributed by atoms with Crippen molar-refractivity contribution in [3.8, 4) is 0 Å². The van der Waals surface area contributed by atoms with Gasteiger partial charge >= 0.3 is 0 Å². The summed E-state index contributed by atoms with van der Waals surface area (Å²) in [7, 11) is 1.98. The van der Waals surface area contributed by atoms with Gasteiger partial charge in [0.2, 0.25) is 5.91 Å². The van der Waals surface area contributed by atoms with Crippen molar-refractivity contribution in [1.29, 1.82) is 0 Å². The van der Waals surface area contributed by atoms with Crippen molar-refractivity contribution in [3.05, 3.63) is 36.7 Å². The van der Waals surface area contributed by atoms with Crippen molar-refractivity contribution in [3.63, 3.8) is 0 Å². The van der Waals surface area contributed by atoms with Gasteiger partial charge in [-0.05, 0) is 62.5 Å².